The predicted molar refractivity (Wildman–Crippen MR) is 78.1 cm³/mol. The predicted octanol–water partition coefficient (Wildman–Crippen LogP) is 2.67. The Morgan fingerprint density at radius 2 is 2.10 bits per heavy atom. The van der Waals surface area contributed by atoms with Crippen molar-refractivity contribution >= 4 is 38.7 Å². The van der Waals surface area contributed by atoms with Crippen LogP contribution in [0.1, 0.15) is 20.3 Å². The van der Waals surface area contributed by atoms with Crippen LogP contribution in [0, 0.1) is 0 Å². The first-order valence-corrected chi connectivity index (χ1v) is 6.94. The number of anilines is 1. The number of amides is 2. The molecule has 0 fully saturated rings. The minimum atomic E-state index is -1.29. The van der Waals surface area contributed by atoms with E-state index in [-0.39, 0.29) is 6.42 Å². The van der Waals surface area contributed by atoms with Gasteiger partial charge in [-0.15, -0.1) is 0 Å². The van der Waals surface area contributed by atoms with Gasteiger partial charge in [-0.3, -0.25) is 5.32 Å². The highest BCUT2D eigenvalue weighted by molar-refractivity contribution is 7.22. The topological polar surface area (TPSA) is 91.3 Å². The third-order valence-electron chi connectivity index (χ3n) is 3.08. The number of carboxylic acid groups (broad SMARTS) is 1. The van der Waals surface area contributed by atoms with Gasteiger partial charge in [-0.05, 0) is 25.5 Å². The number of carboxylic acids is 1. The average Bonchev–Trinajstić information content (AvgIpc) is 2.79. The van der Waals surface area contributed by atoms with Crippen LogP contribution in [0.5, 0.6) is 0 Å². The Kier molecular flexibility index (Phi) is 3.89. The second-order valence-electron chi connectivity index (χ2n) is 4.56. The Morgan fingerprint density at radius 1 is 1.40 bits per heavy atom. The summed E-state index contributed by atoms with van der Waals surface area (Å²) in [5, 5.41) is 14.6. The normalized spacial score (nSPS) is 13.7. The molecule has 1 heterocycles. The number of carbonyl (C=O) groups excluding carboxylic acids is 1. The molecule has 0 saturated heterocycles. The number of nitrogens with one attached hydrogen (secondary N) is 2. The number of fused-ring (bicyclic) bond motifs is 1. The highest BCUT2D eigenvalue weighted by Gasteiger charge is 2.32. The Labute approximate surface area is 119 Å². The largest absolute Gasteiger partial charge is 0.480 e. The first-order chi connectivity index (χ1) is 9.44. The molecule has 0 aliphatic rings. The van der Waals surface area contributed by atoms with Crippen LogP contribution in [0.4, 0.5) is 9.93 Å². The number of urea groups is 1. The quantitative estimate of drug-likeness (QED) is 0.808. The van der Waals surface area contributed by atoms with Gasteiger partial charge in [0.2, 0.25) is 0 Å². The van der Waals surface area contributed by atoms with E-state index in [0.29, 0.717) is 5.13 Å². The number of carbonyl (C=O) groups is 2. The third-order valence-corrected chi connectivity index (χ3v) is 4.03. The van der Waals surface area contributed by atoms with Gasteiger partial charge in [-0.2, -0.15) is 0 Å². The molecule has 0 aliphatic carbocycles. The van der Waals surface area contributed by atoms with Crippen LogP contribution < -0.4 is 10.6 Å². The van der Waals surface area contributed by atoms with Gasteiger partial charge in [0.25, 0.3) is 0 Å². The number of aromatic nitrogens is 1. The summed E-state index contributed by atoms with van der Waals surface area (Å²) < 4.78 is 0.958. The minimum Gasteiger partial charge on any atom is -0.480 e. The Hall–Kier alpha value is -2.15. The van der Waals surface area contributed by atoms with Gasteiger partial charge in [0, 0.05) is 0 Å². The van der Waals surface area contributed by atoms with Gasteiger partial charge in [0.1, 0.15) is 5.54 Å². The fourth-order valence-electron chi connectivity index (χ4n) is 1.60. The van der Waals surface area contributed by atoms with Crippen LogP contribution in [-0.4, -0.2) is 27.6 Å². The number of rotatable bonds is 4. The molecule has 2 rings (SSSR count). The van der Waals surface area contributed by atoms with Crippen molar-refractivity contribution in [2.24, 2.45) is 0 Å². The molecular formula is C13H15N3O3S. The maximum absolute atomic E-state index is 11.8. The number of nitrogens with zero attached hydrogens (tertiary/aromatic N) is 1. The summed E-state index contributed by atoms with van der Waals surface area (Å²) in [5.41, 5.74) is -0.495. The Bertz CT molecular complexity index is 622. The SMILES string of the molecule is CCC(C)(NC(=O)Nc1nc2ccccc2s1)C(=O)O. The Balaban J connectivity index is 2.09. The maximum atomic E-state index is 11.8. The van der Waals surface area contributed by atoms with Gasteiger partial charge in [0.15, 0.2) is 5.13 Å². The van der Waals surface area contributed by atoms with E-state index in [2.05, 4.69) is 15.6 Å². The van der Waals surface area contributed by atoms with Crippen molar-refractivity contribution < 1.29 is 14.7 Å². The lowest BCUT2D eigenvalue weighted by Crippen LogP contribution is -2.53. The zero-order chi connectivity index (χ0) is 14.8. The molecule has 20 heavy (non-hydrogen) atoms. The standard InChI is InChI=1S/C13H15N3O3S/c1-3-13(2,10(17)18)16-11(19)15-12-14-8-6-4-5-7-9(8)20-12/h4-7H,3H2,1-2H3,(H,17,18)(H2,14,15,16,19). The summed E-state index contributed by atoms with van der Waals surface area (Å²) in [6, 6.07) is 6.94. The van der Waals surface area contributed by atoms with E-state index >= 15 is 0 Å². The number of thiazole rings is 1. The van der Waals surface area contributed by atoms with Crippen LogP contribution in [0.2, 0.25) is 0 Å². The van der Waals surface area contributed by atoms with Crippen LogP contribution >= 0.6 is 11.3 Å². The molecule has 1 unspecified atom stereocenters. The molecule has 0 spiro atoms. The second kappa shape index (κ2) is 5.46. The first-order valence-electron chi connectivity index (χ1n) is 6.13. The molecule has 0 saturated carbocycles. The number of benzene rings is 1. The van der Waals surface area contributed by atoms with E-state index in [0.717, 1.165) is 10.2 Å². The van der Waals surface area contributed by atoms with Crippen molar-refractivity contribution in [2.75, 3.05) is 5.32 Å². The molecule has 2 amide bonds. The van der Waals surface area contributed by atoms with Crippen molar-refractivity contribution in [2.45, 2.75) is 25.8 Å². The van der Waals surface area contributed by atoms with Crippen LogP contribution in [-0.2, 0) is 4.79 Å². The van der Waals surface area contributed by atoms with Gasteiger partial charge >= 0.3 is 12.0 Å². The van der Waals surface area contributed by atoms with Crippen LogP contribution in [0.25, 0.3) is 10.2 Å². The average molecular weight is 293 g/mol. The molecule has 7 heteroatoms. The third kappa shape index (κ3) is 2.88. The van der Waals surface area contributed by atoms with E-state index in [9.17, 15) is 9.59 Å². The van der Waals surface area contributed by atoms with E-state index in [1.807, 2.05) is 24.3 Å². The smallest absolute Gasteiger partial charge is 0.329 e. The summed E-state index contributed by atoms with van der Waals surface area (Å²) >= 11 is 1.34. The molecule has 3 N–H and O–H groups in total. The van der Waals surface area contributed by atoms with Crippen LogP contribution in [0.3, 0.4) is 0 Å². The lowest BCUT2D eigenvalue weighted by atomic mass is 10.00. The van der Waals surface area contributed by atoms with E-state index < -0.39 is 17.5 Å². The lowest BCUT2D eigenvalue weighted by Gasteiger charge is -2.24. The molecule has 0 aliphatic heterocycles. The fourth-order valence-corrected chi connectivity index (χ4v) is 2.46. The summed E-state index contributed by atoms with van der Waals surface area (Å²) in [5.74, 6) is -1.07. The van der Waals surface area contributed by atoms with E-state index in [1.54, 1.807) is 6.92 Å². The first kappa shape index (κ1) is 14.3. The van der Waals surface area contributed by atoms with Gasteiger partial charge < -0.3 is 10.4 Å². The summed E-state index contributed by atoms with van der Waals surface area (Å²) in [6.45, 7) is 3.17. The zero-order valence-corrected chi connectivity index (χ0v) is 12.0. The van der Waals surface area contributed by atoms with Crippen molar-refractivity contribution in [3.8, 4) is 0 Å². The van der Waals surface area contributed by atoms with Crippen molar-refractivity contribution in [3.05, 3.63) is 24.3 Å². The van der Waals surface area contributed by atoms with E-state index in [1.165, 1.54) is 18.3 Å². The van der Waals surface area contributed by atoms with Crippen molar-refractivity contribution in [3.63, 3.8) is 0 Å². The number of para-hydroxylation sites is 1. The lowest BCUT2D eigenvalue weighted by molar-refractivity contribution is -0.143. The molecule has 106 valence electrons. The van der Waals surface area contributed by atoms with Gasteiger partial charge in [-0.1, -0.05) is 30.4 Å². The molecule has 1 aromatic carbocycles. The van der Waals surface area contributed by atoms with E-state index in [4.69, 9.17) is 5.11 Å². The summed E-state index contributed by atoms with van der Waals surface area (Å²) in [7, 11) is 0. The highest BCUT2D eigenvalue weighted by Crippen LogP contribution is 2.25. The number of aliphatic carboxylic acids is 1. The minimum absolute atomic E-state index is 0.287. The molecule has 1 aromatic heterocycles. The maximum Gasteiger partial charge on any atom is 0.329 e. The summed E-state index contributed by atoms with van der Waals surface area (Å²) in [6.07, 6.45) is 0.287. The Morgan fingerprint density at radius 3 is 2.70 bits per heavy atom. The summed E-state index contributed by atoms with van der Waals surface area (Å²) in [4.78, 5) is 27.2. The highest BCUT2D eigenvalue weighted by atomic mass is 32.1. The van der Waals surface area contributed by atoms with Gasteiger partial charge in [0.05, 0.1) is 10.2 Å². The van der Waals surface area contributed by atoms with Crippen molar-refractivity contribution in [1.29, 1.82) is 0 Å². The molecule has 6 nitrogen and oxygen atoms in total. The second-order valence-corrected chi connectivity index (χ2v) is 5.59. The fraction of sp³-hybridized carbons (Fsp3) is 0.308. The molecule has 2 aromatic rings. The molecular weight excluding hydrogens is 278 g/mol. The molecule has 0 radical (unpaired) electrons. The van der Waals surface area contributed by atoms with Gasteiger partial charge in [-0.25, -0.2) is 14.6 Å². The zero-order valence-electron chi connectivity index (χ0n) is 11.1. The number of hydrogen-bond donors (Lipinski definition) is 3. The molecule has 0 bridgehead atoms. The monoisotopic (exact) mass is 293 g/mol. The number of hydrogen-bond acceptors (Lipinski definition) is 4. The van der Waals surface area contributed by atoms with Crippen LogP contribution in [0.15, 0.2) is 24.3 Å². The van der Waals surface area contributed by atoms with Crippen molar-refractivity contribution in [1.82, 2.24) is 10.3 Å². The molecule has 1 atom stereocenters.